The van der Waals surface area contributed by atoms with Gasteiger partial charge in [-0.1, -0.05) is 75.8 Å². The predicted molar refractivity (Wildman–Crippen MR) is 88.4 cm³/mol. The van der Waals surface area contributed by atoms with Crippen LogP contribution in [0.2, 0.25) is 0 Å². The van der Waals surface area contributed by atoms with Crippen LogP contribution < -0.4 is 4.74 Å². The van der Waals surface area contributed by atoms with E-state index in [1.807, 2.05) is 12.1 Å². The van der Waals surface area contributed by atoms with Crippen LogP contribution in [0, 0.1) is 0 Å². The van der Waals surface area contributed by atoms with Gasteiger partial charge in [0, 0.05) is 0 Å². The minimum atomic E-state index is 0.973. The zero-order valence-corrected chi connectivity index (χ0v) is 13.2. The molecule has 0 aliphatic rings. The first-order chi connectivity index (χ1) is 9.88. The predicted octanol–water partition coefficient (Wildman–Crippen LogP) is 5.93. The minimum Gasteiger partial charge on any atom is -0.496 e. The summed E-state index contributed by atoms with van der Waals surface area (Å²) in [4.78, 5) is 0. The number of hydrogen-bond acceptors (Lipinski definition) is 1. The average molecular weight is 274 g/mol. The van der Waals surface area contributed by atoms with Gasteiger partial charge < -0.3 is 4.74 Å². The van der Waals surface area contributed by atoms with Crippen molar-refractivity contribution in [3.05, 3.63) is 42.0 Å². The topological polar surface area (TPSA) is 9.23 Å². The Balaban J connectivity index is 2.07. The molecule has 0 saturated heterocycles. The monoisotopic (exact) mass is 274 g/mol. The van der Waals surface area contributed by atoms with Crippen molar-refractivity contribution in [2.45, 2.75) is 64.7 Å². The van der Waals surface area contributed by atoms with Gasteiger partial charge in [-0.15, -0.1) is 0 Å². The number of benzene rings is 1. The van der Waals surface area contributed by atoms with Crippen LogP contribution in [-0.4, -0.2) is 7.11 Å². The molecule has 0 bridgehead atoms. The second kappa shape index (κ2) is 11.6. The molecule has 0 fully saturated rings. The largest absolute Gasteiger partial charge is 0.496 e. The maximum Gasteiger partial charge on any atom is 0.122 e. The third-order valence-electron chi connectivity index (χ3n) is 3.67. The Morgan fingerprint density at radius 1 is 0.900 bits per heavy atom. The summed E-state index contributed by atoms with van der Waals surface area (Å²) in [7, 11) is 1.74. The lowest BCUT2D eigenvalue weighted by Gasteiger charge is -2.05. The van der Waals surface area contributed by atoms with Gasteiger partial charge >= 0.3 is 0 Å². The SMILES string of the molecule is CCCCCCCCC/C=C/Cc1ccccc1OC. The maximum atomic E-state index is 5.35. The molecule has 20 heavy (non-hydrogen) atoms. The normalized spacial score (nSPS) is 11.1. The fourth-order valence-electron chi connectivity index (χ4n) is 2.42. The van der Waals surface area contributed by atoms with Crippen LogP contribution in [0.15, 0.2) is 36.4 Å². The molecule has 0 radical (unpaired) electrons. The second-order valence-electron chi connectivity index (χ2n) is 5.40. The second-order valence-corrected chi connectivity index (χ2v) is 5.40. The maximum absolute atomic E-state index is 5.35. The van der Waals surface area contributed by atoms with Crippen LogP contribution in [-0.2, 0) is 6.42 Å². The standard InChI is InChI=1S/C19H30O/c1-3-4-5-6-7-8-9-10-11-12-15-18-16-13-14-17-19(18)20-2/h11-14,16-17H,3-10,15H2,1-2H3/b12-11+. The average Bonchev–Trinajstić information content (AvgIpc) is 2.49. The van der Waals surface area contributed by atoms with Gasteiger partial charge in [-0.2, -0.15) is 0 Å². The van der Waals surface area contributed by atoms with E-state index >= 15 is 0 Å². The molecule has 0 spiro atoms. The summed E-state index contributed by atoms with van der Waals surface area (Å²) in [6.45, 7) is 2.27. The molecule has 0 amide bonds. The molecule has 0 heterocycles. The zero-order valence-electron chi connectivity index (χ0n) is 13.2. The van der Waals surface area contributed by atoms with Gasteiger partial charge in [-0.25, -0.2) is 0 Å². The lowest BCUT2D eigenvalue weighted by atomic mass is 10.1. The van der Waals surface area contributed by atoms with Crippen molar-refractivity contribution in [1.29, 1.82) is 0 Å². The Morgan fingerprint density at radius 3 is 2.35 bits per heavy atom. The lowest BCUT2D eigenvalue weighted by Crippen LogP contribution is -1.89. The quantitative estimate of drug-likeness (QED) is 0.359. The fraction of sp³-hybridized carbons (Fsp3) is 0.579. The van der Waals surface area contributed by atoms with Crippen LogP contribution in [0.5, 0.6) is 5.75 Å². The molecule has 0 aromatic heterocycles. The van der Waals surface area contributed by atoms with Crippen molar-refractivity contribution in [1.82, 2.24) is 0 Å². The van der Waals surface area contributed by atoms with Crippen molar-refractivity contribution in [3.63, 3.8) is 0 Å². The molecular formula is C19H30O. The number of hydrogen-bond donors (Lipinski definition) is 0. The number of allylic oxidation sites excluding steroid dienone is 2. The Hall–Kier alpha value is -1.24. The smallest absolute Gasteiger partial charge is 0.122 e. The van der Waals surface area contributed by atoms with Crippen LogP contribution in [0.4, 0.5) is 0 Å². The fourth-order valence-corrected chi connectivity index (χ4v) is 2.42. The van der Waals surface area contributed by atoms with Crippen molar-refractivity contribution in [2.24, 2.45) is 0 Å². The first-order valence-electron chi connectivity index (χ1n) is 8.15. The summed E-state index contributed by atoms with van der Waals surface area (Å²) in [6.07, 6.45) is 16.5. The van der Waals surface area contributed by atoms with Crippen LogP contribution in [0.1, 0.15) is 63.9 Å². The summed E-state index contributed by atoms with van der Waals surface area (Å²) in [6, 6.07) is 8.25. The summed E-state index contributed by atoms with van der Waals surface area (Å²) >= 11 is 0. The Kier molecular flexibility index (Phi) is 9.73. The number of unbranched alkanes of at least 4 members (excludes halogenated alkanes) is 7. The minimum absolute atomic E-state index is 0.973. The van der Waals surface area contributed by atoms with E-state index in [0.717, 1.165) is 12.2 Å². The third kappa shape index (κ3) is 7.37. The van der Waals surface area contributed by atoms with Crippen molar-refractivity contribution < 1.29 is 4.74 Å². The van der Waals surface area contributed by atoms with Gasteiger partial charge in [0.25, 0.3) is 0 Å². The Labute approximate surface area is 125 Å². The highest BCUT2D eigenvalue weighted by molar-refractivity contribution is 5.34. The van der Waals surface area contributed by atoms with E-state index in [1.165, 1.54) is 56.9 Å². The van der Waals surface area contributed by atoms with Crippen molar-refractivity contribution >= 4 is 0 Å². The van der Waals surface area contributed by atoms with Gasteiger partial charge in [0.2, 0.25) is 0 Å². The van der Waals surface area contributed by atoms with E-state index in [-0.39, 0.29) is 0 Å². The lowest BCUT2D eigenvalue weighted by molar-refractivity contribution is 0.410. The van der Waals surface area contributed by atoms with Gasteiger partial charge in [-0.3, -0.25) is 0 Å². The zero-order chi connectivity index (χ0) is 14.5. The van der Waals surface area contributed by atoms with E-state index < -0.39 is 0 Å². The van der Waals surface area contributed by atoms with Gasteiger partial charge in [0.15, 0.2) is 0 Å². The van der Waals surface area contributed by atoms with E-state index in [1.54, 1.807) is 7.11 Å². The third-order valence-corrected chi connectivity index (χ3v) is 3.67. The Bertz CT molecular complexity index is 368. The molecule has 0 unspecified atom stereocenters. The first-order valence-corrected chi connectivity index (χ1v) is 8.15. The molecule has 112 valence electrons. The van der Waals surface area contributed by atoms with E-state index in [9.17, 15) is 0 Å². The van der Waals surface area contributed by atoms with Crippen molar-refractivity contribution in [3.8, 4) is 5.75 Å². The van der Waals surface area contributed by atoms with E-state index in [2.05, 4.69) is 31.2 Å². The van der Waals surface area contributed by atoms with Crippen LogP contribution >= 0.6 is 0 Å². The van der Waals surface area contributed by atoms with Crippen LogP contribution in [0.25, 0.3) is 0 Å². The molecule has 1 aromatic rings. The highest BCUT2D eigenvalue weighted by Crippen LogP contribution is 2.18. The van der Waals surface area contributed by atoms with Gasteiger partial charge in [-0.05, 0) is 30.9 Å². The van der Waals surface area contributed by atoms with E-state index in [4.69, 9.17) is 4.74 Å². The number of methoxy groups -OCH3 is 1. The number of ether oxygens (including phenoxy) is 1. The van der Waals surface area contributed by atoms with Crippen molar-refractivity contribution in [2.75, 3.05) is 7.11 Å². The molecule has 0 aliphatic carbocycles. The number of rotatable bonds is 11. The molecule has 1 aromatic carbocycles. The molecule has 0 N–H and O–H groups in total. The van der Waals surface area contributed by atoms with Crippen LogP contribution in [0.3, 0.4) is 0 Å². The highest BCUT2D eigenvalue weighted by Gasteiger charge is 1.97. The van der Waals surface area contributed by atoms with Gasteiger partial charge in [0.05, 0.1) is 7.11 Å². The summed E-state index contributed by atoms with van der Waals surface area (Å²) in [5.74, 6) is 0.994. The molecule has 0 aliphatic heterocycles. The molecule has 1 rings (SSSR count). The Morgan fingerprint density at radius 2 is 1.60 bits per heavy atom. The molecule has 0 saturated carbocycles. The highest BCUT2D eigenvalue weighted by atomic mass is 16.5. The molecule has 1 heteroatoms. The molecular weight excluding hydrogens is 244 g/mol. The molecule has 0 atom stereocenters. The summed E-state index contributed by atoms with van der Waals surface area (Å²) < 4.78 is 5.35. The summed E-state index contributed by atoms with van der Waals surface area (Å²) in [5, 5.41) is 0. The number of para-hydroxylation sites is 1. The first kappa shape index (κ1) is 16.8. The molecule has 1 nitrogen and oxygen atoms in total. The van der Waals surface area contributed by atoms with E-state index in [0.29, 0.717) is 0 Å². The van der Waals surface area contributed by atoms with Gasteiger partial charge in [0.1, 0.15) is 5.75 Å². The summed E-state index contributed by atoms with van der Waals surface area (Å²) in [5.41, 5.74) is 1.27.